The van der Waals surface area contributed by atoms with Gasteiger partial charge in [-0.15, -0.1) is 0 Å². The highest BCUT2D eigenvalue weighted by Gasteiger charge is 2.04. The van der Waals surface area contributed by atoms with Gasteiger partial charge in [0.1, 0.15) is 5.82 Å². The molecule has 0 aromatic carbocycles. The van der Waals surface area contributed by atoms with Crippen LogP contribution < -0.4 is 5.32 Å². The third-order valence-electron chi connectivity index (χ3n) is 1.89. The lowest BCUT2D eigenvalue weighted by molar-refractivity contribution is 1.06. The van der Waals surface area contributed by atoms with Crippen molar-refractivity contribution < 1.29 is 0 Å². The molecule has 2 rings (SSSR count). The van der Waals surface area contributed by atoms with E-state index in [1.54, 1.807) is 24.7 Å². The standard InChI is InChI=1S/C10H11N5/c1-7-5-13-9(14-6-7)10-12-4-3-8(11-2)15-10/h3-6H,1-2H3,(H,11,12,15). The second-order valence-corrected chi connectivity index (χ2v) is 3.10. The lowest BCUT2D eigenvalue weighted by Gasteiger charge is -2.01. The Morgan fingerprint density at radius 2 is 1.80 bits per heavy atom. The van der Waals surface area contributed by atoms with E-state index >= 15 is 0 Å². The minimum absolute atomic E-state index is 0.529. The van der Waals surface area contributed by atoms with Crippen LogP contribution in [-0.4, -0.2) is 27.0 Å². The summed E-state index contributed by atoms with van der Waals surface area (Å²) < 4.78 is 0. The van der Waals surface area contributed by atoms with E-state index in [2.05, 4.69) is 25.3 Å². The van der Waals surface area contributed by atoms with Crippen LogP contribution in [-0.2, 0) is 0 Å². The van der Waals surface area contributed by atoms with Crippen molar-refractivity contribution in [3.63, 3.8) is 0 Å². The molecule has 0 spiro atoms. The van der Waals surface area contributed by atoms with Crippen molar-refractivity contribution in [2.45, 2.75) is 6.92 Å². The zero-order valence-corrected chi connectivity index (χ0v) is 8.60. The fourth-order valence-electron chi connectivity index (χ4n) is 1.11. The summed E-state index contributed by atoms with van der Waals surface area (Å²) in [6.07, 6.45) is 5.17. The van der Waals surface area contributed by atoms with E-state index < -0.39 is 0 Å². The summed E-state index contributed by atoms with van der Waals surface area (Å²) in [5.74, 6) is 1.82. The Morgan fingerprint density at radius 1 is 1.07 bits per heavy atom. The number of anilines is 1. The normalized spacial score (nSPS) is 10.0. The number of nitrogens with one attached hydrogen (secondary N) is 1. The fraction of sp³-hybridized carbons (Fsp3) is 0.200. The molecule has 0 aliphatic heterocycles. The first-order chi connectivity index (χ1) is 7.29. The van der Waals surface area contributed by atoms with Gasteiger partial charge in [-0.25, -0.2) is 19.9 Å². The molecule has 2 aromatic heterocycles. The molecule has 1 N–H and O–H groups in total. The quantitative estimate of drug-likeness (QED) is 0.793. The average Bonchev–Trinajstić information content (AvgIpc) is 2.30. The van der Waals surface area contributed by atoms with Crippen LogP contribution in [0.25, 0.3) is 11.6 Å². The lowest BCUT2D eigenvalue weighted by Crippen LogP contribution is -1.98. The molecule has 5 heteroatoms. The van der Waals surface area contributed by atoms with Crippen molar-refractivity contribution in [1.29, 1.82) is 0 Å². The predicted octanol–water partition coefficient (Wildman–Crippen LogP) is 1.28. The molecule has 0 saturated heterocycles. The van der Waals surface area contributed by atoms with Crippen LogP contribution >= 0.6 is 0 Å². The molecule has 2 aromatic rings. The lowest BCUT2D eigenvalue weighted by atomic mass is 10.4. The van der Waals surface area contributed by atoms with Crippen LogP contribution in [0.3, 0.4) is 0 Å². The molecule has 2 heterocycles. The van der Waals surface area contributed by atoms with E-state index in [4.69, 9.17) is 0 Å². The third-order valence-corrected chi connectivity index (χ3v) is 1.89. The molecule has 0 aliphatic carbocycles. The van der Waals surface area contributed by atoms with Gasteiger partial charge in [0.05, 0.1) is 0 Å². The van der Waals surface area contributed by atoms with Gasteiger partial charge in [-0.1, -0.05) is 0 Å². The van der Waals surface area contributed by atoms with E-state index in [-0.39, 0.29) is 0 Å². The van der Waals surface area contributed by atoms with E-state index in [9.17, 15) is 0 Å². The second kappa shape index (κ2) is 4.00. The van der Waals surface area contributed by atoms with Crippen LogP contribution in [0.2, 0.25) is 0 Å². The molecule has 0 saturated carbocycles. The highest BCUT2D eigenvalue weighted by atomic mass is 15.0. The highest BCUT2D eigenvalue weighted by Crippen LogP contribution is 2.10. The Bertz CT molecular complexity index is 452. The summed E-state index contributed by atoms with van der Waals surface area (Å²) in [6.45, 7) is 1.94. The summed E-state index contributed by atoms with van der Waals surface area (Å²) >= 11 is 0. The minimum Gasteiger partial charge on any atom is -0.373 e. The SMILES string of the molecule is CNc1ccnc(-c2ncc(C)cn2)n1. The average molecular weight is 201 g/mol. The maximum Gasteiger partial charge on any atom is 0.199 e. The number of hydrogen-bond donors (Lipinski definition) is 1. The molecule has 0 radical (unpaired) electrons. The van der Waals surface area contributed by atoms with Gasteiger partial charge < -0.3 is 5.32 Å². The fourth-order valence-corrected chi connectivity index (χ4v) is 1.11. The largest absolute Gasteiger partial charge is 0.373 e. The molecule has 0 aliphatic rings. The Hall–Kier alpha value is -2.04. The van der Waals surface area contributed by atoms with Gasteiger partial charge in [-0.3, -0.25) is 0 Å². The monoisotopic (exact) mass is 201 g/mol. The van der Waals surface area contributed by atoms with E-state index in [0.717, 1.165) is 11.4 Å². The first kappa shape index (κ1) is 9.51. The van der Waals surface area contributed by atoms with Gasteiger partial charge in [-0.05, 0) is 18.6 Å². The number of nitrogens with zero attached hydrogens (tertiary/aromatic N) is 4. The second-order valence-electron chi connectivity index (χ2n) is 3.10. The first-order valence-electron chi connectivity index (χ1n) is 4.59. The minimum atomic E-state index is 0.529. The molecule has 76 valence electrons. The van der Waals surface area contributed by atoms with Crippen molar-refractivity contribution >= 4 is 5.82 Å². The van der Waals surface area contributed by atoms with E-state index in [1.165, 1.54) is 0 Å². The van der Waals surface area contributed by atoms with Gasteiger partial charge in [0, 0.05) is 25.6 Å². The van der Waals surface area contributed by atoms with Crippen LogP contribution in [0.5, 0.6) is 0 Å². The van der Waals surface area contributed by atoms with Crippen LogP contribution in [0.15, 0.2) is 24.7 Å². The van der Waals surface area contributed by atoms with E-state index in [1.807, 2.05) is 14.0 Å². The van der Waals surface area contributed by atoms with Crippen molar-refractivity contribution in [2.75, 3.05) is 12.4 Å². The van der Waals surface area contributed by atoms with Crippen LogP contribution in [0, 0.1) is 6.92 Å². The third kappa shape index (κ3) is 2.07. The van der Waals surface area contributed by atoms with Gasteiger partial charge in [0.2, 0.25) is 0 Å². The zero-order valence-electron chi connectivity index (χ0n) is 8.60. The Balaban J connectivity index is 2.40. The van der Waals surface area contributed by atoms with Crippen molar-refractivity contribution in [3.8, 4) is 11.6 Å². The molecule has 0 atom stereocenters. The molecular formula is C10H11N5. The summed E-state index contributed by atoms with van der Waals surface area (Å²) in [7, 11) is 1.81. The molecule has 5 nitrogen and oxygen atoms in total. The zero-order chi connectivity index (χ0) is 10.7. The number of hydrogen-bond acceptors (Lipinski definition) is 5. The van der Waals surface area contributed by atoms with Crippen LogP contribution in [0.1, 0.15) is 5.56 Å². The summed E-state index contributed by atoms with van der Waals surface area (Å²) in [5.41, 5.74) is 1.02. The van der Waals surface area contributed by atoms with Gasteiger partial charge >= 0.3 is 0 Å². The molecule has 0 unspecified atom stereocenters. The molecule has 0 amide bonds. The maximum absolute atomic E-state index is 4.24. The summed E-state index contributed by atoms with van der Waals surface area (Å²) in [6, 6.07) is 1.79. The van der Waals surface area contributed by atoms with Gasteiger partial charge in [0.15, 0.2) is 11.6 Å². The van der Waals surface area contributed by atoms with Gasteiger partial charge in [-0.2, -0.15) is 0 Å². The Morgan fingerprint density at radius 3 is 2.47 bits per heavy atom. The molecule has 15 heavy (non-hydrogen) atoms. The van der Waals surface area contributed by atoms with Crippen molar-refractivity contribution in [1.82, 2.24) is 19.9 Å². The van der Waals surface area contributed by atoms with Crippen molar-refractivity contribution in [2.24, 2.45) is 0 Å². The van der Waals surface area contributed by atoms with E-state index in [0.29, 0.717) is 11.6 Å². The maximum atomic E-state index is 4.24. The molecule has 0 fully saturated rings. The summed E-state index contributed by atoms with van der Waals surface area (Å²) in [5, 5.41) is 2.94. The van der Waals surface area contributed by atoms with Crippen molar-refractivity contribution in [3.05, 3.63) is 30.2 Å². The van der Waals surface area contributed by atoms with Gasteiger partial charge in [0.25, 0.3) is 0 Å². The molecular weight excluding hydrogens is 190 g/mol. The number of aromatic nitrogens is 4. The summed E-state index contributed by atoms with van der Waals surface area (Å²) in [4.78, 5) is 16.7. The number of aryl methyl sites for hydroxylation is 1. The first-order valence-corrected chi connectivity index (χ1v) is 4.59. The Labute approximate surface area is 87.6 Å². The highest BCUT2D eigenvalue weighted by molar-refractivity contribution is 5.47. The smallest absolute Gasteiger partial charge is 0.199 e. The number of rotatable bonds is 2. The topological polar surface area (TPSA) is 63.6 Å². The molecule has 0 bridgehead atoms. The predicted molar refractivity (Wildman–Crippen MR) is 57.3 cm³/mol. The Kier molecular flexibility index (Phi) is 2.53. The van der Waals surface area contributed by atoms with Crippen LogP contribution in [0.4, 0.5) is 5.82 Å².